The molecule has 1 aromatic carbocycles. The fourth-order valence-corrected chi connectivity index (χ4v) is 3.43. The molecule has 180 valence electrons. The highest BCUT2D eigenvalue weighted by atomic mass is 19.4. The number of aromatic nitrogens is 1. The van der Waals surface area contributed by atoms with Gasteiger partial charge >= 0.3 is 12.5 Å². The number of nitrogens with zero attached hydrogens (tertiary/aromatic N) is 3. The van der Waals surface area contributed by atoms with Gasteiger partial charge in [-0.3, -0.25) is 4.90 Å². The summed E-state index contributed by atoms with van der Waals surface area (Å²) in [6, 6.07) is 6.02. The lowest BCUT2D eigenvalue weighted by Crippen LogP contribution is -2.49. The van der Waals surface area contributed by atoms with Gasteiger partial charge in [0.1, 0.15) is 17.0 Å². The predicted molar refractivity (Wildman–Crippen MR) is 116 cm³/mol. The monoisotopic (exact) mass is 467 g/mol. The van der Waals surface area contributed by atoms with Crippen molar-refractivity contribution in [3.63, 3.8) is 0 Å². The first-order valence-corrected chi connectivity index (χ1v) is 10.6. The molecule has 1 aromatic heterocycles. The second-order valence-electron chi connectivity index (χ2n) is 8.79. The summed E-state index contributed by atoms with van der Waals surface area (Å²) in [5.41, 5.74) is 0.665. The van der Waals surface area contributed by atoms with Crippen molar-refractivity contribution in [3.8, 4) is 17.0 Å². The first kappa shape index (κ1) is 24.6. The molecule has 0 spiro atoms. The lowest BCUT2D eigenvalue weighted by atomic mass is 10.0. The van der Waals surface area contributed by atoms with Gasteiger partial charge in [-0.2, -0.15) is 0 Å². The van der Waals surface area contributed by atoms with Gasteiger partial charge in [0.2, 0.25) is 0 Å². The Kier molecular flexibility index (Phi) is 7.36. The molecule has 1 amide bonds. The van der Waals surface area contributed by atoms with Crippen molar-refractivity contribution >= 4 is 6.09 Å². The van der Waals surface area contributed by atoms with Crippen LogP contribution in [0.25, 0.3) is 11.3 Å². The highest BCUT2D eigenvalue weighted by Gasteiger charge is 2.33. The van der Waals surface area contributed by atoms with Gasteiger partial charge in [-0.1, -0.05) is 17.3 Å². The van der Waals surface area contributed by atoms with Crippen LogP contribution >= 0.6 is 0 Å². The molecule has 2 aromatic rings. The van der Waals surface area contributed by atoms with Crippen LogP contribution in [-0.2, 0) is 17.7 Å². The van der Waals surface area contributed by atoms with E-state index in [4.69, 9.17) is 9.26 Å². The summed E-state index contributed by atoms with van der Waals surface area (Å²) in [5.74, 6) is 0.156. The van der Waals surface area contributed by atoms with Crippen LogP contribution in [-0.4, -0.2) is 59.2 Å². The topological polar surface area (TPSA) is 68.0 Å². The average Bonchev–Trinajstić information content (AvgIpc) is 3.16. The molecule has 33 heavy (non-hydrogen) atoms. The SMILES string of the molecule is C=CCc1ccc(OC(F)(F)F)c(-c2cc(CN3CCN(C(=O)OC(C)(C)C)CC3)on2)c1. The number of carbonyl (C=O) groups is 1. The van der Waals surface area contributed by atoms with Crippen molar-refractivity contribution in [2.24, 2.45) is 0 Å². The zero-order chi connectivity index (χ0) is 24.2. The van der Waals surface area contributed by atoms with Crippen LogP contribution in [0.1, 0.15) is 32.1 Å². The van der Waals surface area contributed by atoms with Crippen molar-refractivity contribution in [3.05, 3.63) is 48.2 Å². The Hall–Kier alpha value is -3.01. The summed E-state index contributed by atoms with van der Waals surface area (Å²) >= 11 is 0. The van der Waals surface area contributed by atoms with E-state index in [9.17, 15) is 18.0 Å². The van der Waals surface area contributed by atoms with Crippen LogP contribution in [0.3, 0.4) is 0 Å². The number of hydrogen-bond donors (Lipinski definition) is 0. The third-order valence-corrected chi connectivity index (χ3v) is 4.89. The molecule has 10 heteroatoms. The molecule has 0 unspecified atom stereocenters. The third kappa shape index (κ3) is 7.24. The highest BCUT2D eigenvalue weighted by molar-refractivity contribution is 5.69. The molecule has 2 heterocycles. The van der Waals surface area contributed by atoms with Crippen molar-refractivity contribution in [2.45, 2.75) is 45.7 Å². The van der Waals surface area contributed by atoms with E-state index in [1.54, 1.807) is 29.2 Å². The molecule has 0 saturated carbocycles. The Morgan fingerprint density at radius 1 is 1.18 bits per heavy atom. The molecule has 0 atom stereocenters. The molecule has 0 bridgehead atoms. The van der Waals surface area contributed by atoms with E-state index >= 15 is 0 Å². The second kappa shape index (κ2) is 9.86. The minimum Gasteiger partial charge on any atom is -0.444 e. The zero-order valence-electron chi connectivity index (χ0n) is 18.9. The zero-order valence-corrected chi connectivity index (χ0v) is 18.9. The van der Waals surface area contributed by atoms with Gasteiger partial charge in [0.15, 0.2) is 5.76 Å². The van der Waals surface area contributed by atoms with Gasteiger partial charge in [0, 0.05) is 37.8 Å². The summed E-state index contributed by atoms with van der Waals surface area (Å²) in [5, 5.41) is 3.97. The standard InChI is InChI=1S/C23H28F3N3O4/c1-5-6-16-7-8-20(31-23(24,25)26)18(13-16)19-14-17(33-27-19)15-28-9-11-29(12-10-28)21(30)32-22(2,3)4/h5,7-8,13-14H,1,6,9-12,15H2,2-4H3. The van der Waals surface area contributed by atoms with Crippen LogP contribution in [0.2, 0.25) is 0 Å². The van der Waals surface area contributed by atoms with E-state index in [0.29, 0.717) is 44.9 Å². The van der Waals surface area contributed by atoms with E-state index in [0.717, 1.165) is 5.56 Å². The highest BCUT2D eigenvalue weighted by Crippen LogP contribution is 2.35. The number of piperazine rings is 1. The normalized spacial score (nSPS) is 15.4. The summed E-state index contributed by atoms with van der Waals surface area (Å²) in [6.45, 7) is 11.7. The fraction of sp³-hybridized carbons (Fsp3) is 0.478. The van der Waals surface area contributed by atoms with Gasteiger partial charge in [-0.25, -0.2) is 4.79 Å². The van der Waals surface area contributed by atoms with Crippen molar-refractivity contribution in [1.82, 2.24) is 15.0 Å². The van der Waals surface area contributed by atoms with Crippen LogP contribution in [0.15, 0.2) is 41.4 Å². The smallest absolute Gasteiger partial charge is 0.444 e. The number of allylic oxidation sites excluding steroid dienone is 1. The Morgan fingerprint density at radius 3 is 2.48 bits per heavy atom. The lowest BCUT2D eigenvalue weighted by Gasteiger charge is -2.35. The average molecular weight is 467 g/mol. The van der Waals surface area contributed by atoms with E-state index < -0.39 is 12.0 Å². The lowest BCUT2D eigenvalue weighted by molar-refractivity contribution is -0.274. The van der Waals surface area contributed by atoms with E-state index in [1.165, 1.54) is 6.07 Å². The van der Waals surface area contributed by atoms with Gasteiger partial charge in [0.05, 0.1) is 6.54 Å². The van der Waals surface area contributed by atoms with Gasteiger partial charge in [0.25, 0.3) is 0 Å². The minimum absolute atomic E-state index is 0.191. The number of ether oxygens (including phenoxy) is 2. The summed E-state index contributed by atoms with van der Waals surface area (Å²) in [4.78, 5) is 15.9. The Labute approximate surface area is 190 Å². The first-order chi connectivity index (χ1) is 15.4. The number of hydrogen-bond acceptors (Lipinski definition) is 6. The maximum absolute atomic E-state index is 12.9. The van der Waals surface area contributed by atoms with E-state index in [2.05, 4.69) is 21.4 Å². The quantitative estimate of drug-likeness (QED) is 0.556. The molecule has 3 rings (SSSR count). The second-order valence-corrected chi connectivity index (χ2v) is 8.79. The van der Waals surface area contributed by atoms with Crippen molar-refractivity contribution < 1.29 is 32.0 Å². The molecular formula is C23H28F3N3O4. The third-order valence-electron chi connectivity index (χ3n) is 4.89. The fourth-order valence-electron chi connectivity index (χ4n) is 3.43. The number of amides is 1. The molecule has 1 aliphatic rings. The predicted octanol–water partition coefficient (Wildman–Crippen LogP) is 5.02. The molecule has 7 nitrogen and oxygen atoms in total. The molecule has 1 aliphatic heterocycles. The van der Waals surface area contributed by atoms with Gasteiger partial charge in [-0.15, -0.1) is 19.8 Å². The number of rotatable bonds is 6. The largest absolute Gasteiger partial charge is 0.573 e. The molecule has 1 saturated heterocycles. The summed E-state index contributed by atoms with van der Waals surface area (Å²) in [6.07, 6.45) is -3.02. The van der Waals surface area contributed by atoms with E-state index in [-0.39, 0.29) is 23.1 Å². The van der Waals surface area contributed by atoms with Gasteiger partial charge < -0.3 is 18.9 Å². The number of benzene rings is 1. The maximum Gasteiger partial charge on any atom is 0.573 e. The van der Waals surface area contributed by atoms with Crippen LogP contribution in [0, 0.1) is 0 Å². The van der Waals surface area contributed by atoms with E-state index in [1.807, 2.05) is 20.8 Å². The summed E-state index contributed by atoms with van der Waals surface area (Å²) < 4.78 is 53.5. The maximum atomic E-state index is 12.9. The van der Waals surface area contributed by atoms with Crippen LogP contribution in [0.4, 0.5) is 18.0 Å². The van der Waals surface area contributed by atoms with Crippen LogP contribution in [0.5, 0.6) is 5.75 Å². The van der Waals surface area contributed by atoms with Crippen LogP contribution < -0.4 is 4.74 Å². The Bertz CT molecular complexity index is 974. The molecule has 0 N–H and O–H groups in total. The molecule has 1 fully saturated rings. The van der Waals surface area contributed by atoms with Crippen molar-refractivity contribution in [1.29, 1.82) is 0 Å². The Balaban J connectivity index is 1.67. The molecule has 0 aliphatic carbocycles. The minimum atomic E-state index is -4.82. The number of carbonyl (C=O) groups excluding carboxylic acids is 1. The summed E-state index contributed by atoms with van der Waals surface area (Å²) in [7, 11) is 0. The number of alkyl halides is 3. The number of halogens is 3. The molecule has 0 radical (unpaired) electrons. The van der Waals surface area contributed by atoms with Crippen molar-refractivity contribution in [2.75, 3.05) is 26.2 Å². The first-order valence-electron chi connectivity index (χ1n) is 10.6. The van der Waals surface area contributed by atoms with Gasteiger partial charge in [-0.05, 0) is 44.9 Å². The molecular weight excluding hydrogens is 439 g/mol. The Morgan fingerprint density at radius 2 is 1.88 bits per heavy atom.